The van der Waals surface area contributed by atoms with Crippen molar-refractivity contribution in [3.63, 3.8) is 0 Å². The quantitative estimate of drug-likeness (QED) is 0.203. The Morgan fingerprint density at radius 2 is 1.80 bits per heavy atom. The molecule has 238 valence electrons. The monoisotopic (exact) mass is 630 g/mol. The molecule has 0 N–H and O–H groups in total. The van der Waals surface area contributed by atoms with Crippen LogP contribution < -0.4 is 11.2 Å². The van der Waals surface area contributed by atoms with Gasteiger partial charge >= 0.3 is 5.69 Å². The highest BCUT2D eigenvalue weighted by Gasteiger charge is 2.36. The Labute approximate surface area is 267 Å². The molecule has 1 aliphatic rings. The number of hydrogen-bond acceptors (Lipinski definition) is 8. The van der Waals surface area contributed by atoms with E-state index in [4.69, 9.17) is 4.74 Å². The SMILES string of the molecule is CCc1ccccc1[C@H](Cn1c(=O)n(C(C)(C)C(=O)CC(C)C)c(=O)c2c(C)c(-n3nccn3)sc21)OC1CCC(C#N)CC1. The van der Waals surface area contributed by atoms with E-state index in [-0.39, 0.29) is 36.7 Å². The molecule has 1 saturated carbocycles. The fraction of sp³-hybridized carbons (Fsp3) is 0.529. The summed E-state index contributed by atoms with van der Waals surface area (Å²) in [4.78, 5) is 44.4. The smallest absolute Gasteiger partial charge is 0.333 e. The summed E-state index contributed by atoms with van der Waals surface area (Å²) in [6, 6.07) is 10.5. The second kappa shape index (κ2) is 13.2. The van der Waals surface area contributed by atoms with Crippen molar-refractivity contribution in [1.82, 2.24) is 24.1 Å². The number of ether oxygens (including phenoxy) is 1. The van der Waals surface area contributed by atoms with Crippen molar-refractivity contribution in [2.24, 2.45) is 11.8 Å². The van der Waals surface area contributed by atoms with Crippen LogP contribution in [0.1, 0.15) is 89.5 Å². The highest BCUT2D eigenvalue weighted by Crippen LogP contribution is 2.35. The van der Waals surface area contributed by atoms with Crippen molar-refractivity contribution in [3.8, 4) is 11.1 Å². The van der Waals surface area contributed by atoms with Gasteiger partial charge in [0.05, 0.1) is 36.5 Å². The lowest BCUT2D eigenvalue weighted by atomic mass is 9.88. The number of hydrogen-bond donors (Lipinski definition) is 0. The maximum Gasteiger partial charge on any atom is 0.333 e. The van der Waals surface area contributed by atoms with Crippen LogP contribution in [0.3, 0.4) is 0 Å². The third kappa shape index (κ3) is 6.31. The fourth-order valence-corrected chi connectivity index (χ4v) is 7.58. The van der Waals surface area contributed by atoms with Gasteiger partial charge in [-0.3, -0.25) is 14.2 Å². The molecule has 5 rings (SSSR count). The Hall–Kier alpha value is -3.88. The number of fused-ring (bicyclic) bond motifs is 1. The van der Waals surface area contributed by atoms with Crippen LogP contribution in [0.25, 0.3) is 15.2 Å². The third-order valence-corrected chi connectivity index (χ3v) is 10.2. The molecule has 3 aromatic heterocycles. The molecule has 0 aliphatic heterocycles. The van der Waals surface area contributed by atoms with Crippen molar-refractivity contribution in [2.75, 3.05) is 0 Å². The van der Waals surface area contributed by atoms with Gasteiger partial charge in [-0.05, 0) is 69.9 Å². The fourth-order valence-electron chi connectivity index (χ4n) is 6.36. The van der Waals surface area contributed by atoms with Gasteiger partial charge in [0.15, 0.2) is 5.78 Å². The predicted octanol–water partition coefficient (Wildman–Crippen LogP) is 5.87. The van der Waals surface area contributed by atoms with Crippen LogP contribution >= 0.6 is 11.3 Å². The number of aromatic nitrogens is 5. The highest BCUT2D eigenvalue weighted by molar-refractivity contribution is 7.21. The van der Waals surface area contributed by atoms with E-state index in [1.807, 2.05) is 39.0 Å². The maximum atomic E-state index is 14.6. The molecule has 0 unspecified atom stereocenters. The summed E-state index contributed by atoms with van der Waals surface area (Å²) in [5, 5.41) is 19.0. The summed E-state index contributed by atoms with van der Waals surface area (Å²) in [5.74, 6) is -0.0767. The molecule has 0 radical (unpaired) electrons. The normalized spacial score (nSPS) is 17.9. The van der Waals surface area contributed by atoms with E-state index in [1.54, 1.807) is 30.8 Å². The van der Waals surface area contributed by atoms with E-state index in [2.05, 4.69) is 29.3 Å². The first kappa shape index (κ1) is 32.5. The van der Waals surface area contributed by atoms with E-state index in [0.717, 1.165) is 47.8 Å². The van der Waals surface area contributed by atoms with Crippen LogP contribution in [-0.4, -0.2) is 36.0 Å². The average molecular weight is 631 g/mol. The van der Waals surface area contributed by atoms with Crippen LogP contribution in [-0.2, 0) is 28.0 Å². The molecule has 1 aliphatic carbocycles. The number of carbonyl (C=O) groups is 1. The number of thiophene rings is 1. The zero-order valence-electron chi connectivity index (χ0n) is 26.9. The van der Waals surface area contributed by atoms with E-state index in [0.29, 0.717) is 20.8 Å². The zero-order valence-corrected chi connectivity index (χ0v) is 27.8. The van der Waals surface area contributed by atoms with E-state index < -0.39 is 22.9 Å². The molecule has 1 fully saturated rings. The third-order valence-electron chi connectivity index (χ3n) is 8.97. The molecule has 0 spiro atoms. The van der Waals surface area contributed by atoms with Gasteiger partial charge in [0.25, 0.3) is 5.56 Å². The minimum Gasteiger partial charge on any atom is -0.368 e. The van der Waals surface area contributed by atoms with Crippen molar-refractivity contribution in [1.29, 1.82) is 5.26 Å². The molecule has 4 aromatic rings. The topological polar surface area (TPSA) is 125 Å². The number of benzene rings is 1. The van der Waals surface area contributed by atoms with E-state index in [9.17, 15) is 19.6 Å². The number of Topliss-reactive ketones (excluding diaryl/α,β-unsaturated/α-hetero) is 1. The van der Waals surface area contributed by atoms with Gasteiger partial charge in [0.1, 0.15) is 21.5 Å². The van der Waals surface area contributed by atoms with Crippen molar-refractivity contribution < 1.29 is 9.53 Å². The number of carbonyl (C=O) groups excluding carboxylic acids is 1. The van der Waals surface area contributed by atoms with E-state index in [1.165, 1.54) is 16.1 Å². The molecule has 3 heterocycles. The van der Waals surface area contributed by atoms with Gasteiger partial charge in [0.2, 0.25) is 0 Å². The minimum absolute atomic E-state index is 0.0334. The summed E-state index contributed by atoms with van der Waals surface area (Å²) in [6.45, 7) is 11.3. The maximum absolute atomic E-state index is 14.6. The summed E-state index contributed by atoms with van der Waals surface area (Å²) >= 11 is 1.28. The van der Waals surface area contributed by atoms with Crippen LogP contribution in [0.15, 0.2) is 46.2 Å². The van der Waals surface area contributed by atoms with Gasteiger partial charge in [-0.15, -0.1) is 4.80 Å². The van der Waals surface area contributed by atoms with Gasteiger partial charge in [-0.2, -0.15) is 15.5 Å². The minimum atomic E-state index is -1.37. The van der Waals surface area contributed by atoms with Gasteiger partial charge in [0, 0.05) is 17.9 Å². The molecule has 10 nitrogen and oxygen atoms in total. The Morgan fingerprint density at radius 1 is 1.13 bits per heavy atom. The van der Waals surface area contributed by atoms with Crippen molar-refractivity contribution in [2.45, 2.75) is 104 Å². The first-order valence-electron chi connectivity index (χ1n) is 15.8. The Morgan fingerprint density at radius 3 is 2.42 bits per heavy atom. The lowest BCUT2D eigenvalue weighted by molar-refractivity contribution is -0.127. The van der Waals surface area contributed by atoms with Crippen molar-refractivity contribution in [3.05, 3.63) is 74.2 Å². The number of nitriles is 1. The molecule has 0 amide bonds. The molecule has 45 heavy (non-hydrogen) atoms. The van der Waals surface area contributed by atoms with Gasteiger partial charge in [-0.25, -0.2) is 9.36 Å². The van der Waals surface area contributed by atoms with Crippen LogP contribution in [0.5, 0.6) is 0 Å². The molecular formula is C34H42N6O4S. The van der Waals surface area contributed by atoms with E-state index >= 15 is 0 Å². The largest absolute Gasteiger partial charge is 0.368 e. The summed E-state index contributed by atoms with van der Waals surface area (Å²) in [7, 11) is 0. The molecule has 11 heteroatoms. The zero-order chi connectivity index (χ0) is 32.5. The van der Waals surface area contributed by atoms with Gasteiger partial charge < -0.3 is 4.74 Å². The molecular weight excluding hydrogens is 588 g/mol. The number of ketones is 1. The number of nitrogens with zero attached hydrogens (tertiary/aromatic N) is 6. The standard InChI is InChI=1S/C34H42N6O4S/c1-7-24-10-8-9-11-26(24)27(44-25-14-12-23(19-35)13-15-25)20-38-32-29(22(4)31(45-32)40-36-16-17-37-40)30(42)39(33(38)43)34(5,6)28(41)18-21(2)3/h8-11,16-17,21,23,25,27H,7,12-15,18,20H2,1-6H3/t23?,25?,27-/m0/s1. The lowest BCUT2D eigenvalue weighted by Gasteiger charge is -2.31. The molecule has 0 bridgehead atoms. The van der Waals surface area contributed by atoms with Crippen molar-refractivity contribution >= 4 is 27.3 Å². The van der Waals surface area contributed by atoms with Crippen LogP contribution in [0.2, 0.25) is 0 Å². The molecule has 0 saturated heterocycles. The summed E-state index contributed by atoms with van der Waals surface area (Å²) in [5.41, 5.74) is 0.320. The number of rotatable bonds is 11. The molecule has 1 aromatic carbocycles. The predicted molar refractivity (Wildman–Crippen MR) is 175 cm³/mol. The van der Waals surface area contributed by atoms with Crippen LogP contribution in [0.4, 0.5) is 0 Å². The van der Waals surface area contributed by atoms with Gasteiger partial charge in [-0.1, -0.05) is 56.4 Å². The lowest BCUT2D eigenvalue weighted by Crippen LogP contribution is -2.53. The Bertz CT molecular complexity index is 1830. The second-order valence-electron chi connectivity index (χ2n) is 12.9. The summed E-state index contributed by atoms with van der Waals surface area (Å²) in [6.07, 6.45) is 6.65. The first-order valence-corrected chi connectivity index (χ1v) is 16.6. The average Bonchev–Trinajstić information content (AvgIpc) is 3.66. The highest BCUT2D eigenvalue weighted by atomic mass is 32.1. The Kier molecular flexibility index (Phi) is 9.56. The summed E-state index contributed by atoms with van der Waals surface area (Å²) < 4.78 is 9.59. The van der Waals surface area contributed by atoms with Crippen LogP contribution in [0, 0.1) is 30.1 Å². The first-order chi connectivity index (χ1) is 21.5. The Balaban J connectivity index is 1.72. The second-order valence-corrected chi connectivity index (χ2v) is 13.9. The molecule has 1 atom stereocenters. The number of aryl methyl sites for hydroxylation is 2.